The highest BCUT2D eigenvalue weighted by Crippen LogP contribution is 2.17. The van der Waals surface area contributed by atoms with Crippen molar-refractivity contribution in [3.63, 3.8) is 0 Å². The van der Waals surface area contributed by atoms with Crippen LogP contribution in [0.25, 0.3) is 10.9 Å². The van der Waals surface area contributed by atoms with E-state index in [0.717, 1.165) is 6.54 Å². The molecule has 0 aliphatic heterocycles. The van der Waals surface area contributed by atoms with E-state index in [1.165, 1.54) is 27.7 Å². The van der Waals surface area contributed by atoms with Gasteiger partial charge in [-0.15, -0.1) is 12.4 Å². The summed E-state index contributed by atoms with van der Waals surface area (Å²) in [6.07, 6.45) is 1.98. The maximum absolute atomic E-state index is 3.48. The Morgan fingerprint density at radius 1 is 1.05 bits per heavy atom. The molecule has 0 fully saturated rings. The number of rotatable bonds is 3. The van der Waals surface area contributed by atoms with Gasteiger partial charge in [0.1, 0.15) is 0 Å². The van der Waals surface area contributed by atoms with Crippen molar-refractivity contribution in [1.82, 2.24) is 4.98 Å². The van der Waals surface area contributed by atoms with Crippen molar-refractivity contribution in [2.45, 2.75) is 13.5 Å². The zero-order valence-electron chi connectivity index (χ0n) is 10.8. The van der Waals surface area contributed by atoms with Gasteiger partial charge in [-0.1, -0.05) is 24.3 Å². The van der Waals surface area contributed by atoms with Crippen molar-refractivity contribution in [2.75, 3.05) is 5.32 Å². The van der Waals surface area contributed by atoms with Gasteiger partial charge in [0.15, 0.2) is 0 Å². The first-order valence-electron chi connectivity index (χ1n) is 6.18. The molecule has 0 spiro atoms. The van der Waals surface area contributed by atoms with Crippen LogP contribution in [-0.2, 0) is 6.54 Å². The molecule has 0 saturated carbocycles. The van der Waals surface area contributed by atoms with Crippen LogP contribution in [0.3, 0.4) is 0 Å². The number of aromatic nitrogens is 1. The monoisotopic (exact) mass is 272 g/mol. The first-order valence-corrected chi connectivity index (χ1v) is 6.18. The van der Waals surface area contributed by atoms with Gasteiger partial charge in [0, 0.05) is 23.9 Å². The predicted molar refractivity (Wildman–Crippen MR) is 84.1 cm³/mol. The molecule has 1 heterocycles. The summed E-state index contributed by atoms with van der Waals surface area (Å²) in [5.74, 6) is 0. The summed E-state index contributed by atoms with van der Waals surface area (Å²) in [6, 6.07) is 17.0. The van der Waals surface area contributed by atoms with Gasteiger partial charge in [0.25, 0.3) is 0 Å². The van der Waals surface area contributed by atoms with E-state index in [-0.39, 0.29) is 12.4 Å². The Morgan fingerprint density at radius 3 is 2.74 bits per heavy atom. The molecule has 3 rings (SSSR count). The molecule has 0 atom stereocenters. The third-order valence-electron chi connectivity index (χ3n) is 3.25. The normalized spacial score (nSPS) is 10.2. The van der Waals surface area contributed by atoms with E-state index in [2.05, 4.69) is 65.8 Å². The Bertz CT molecular complexity index is 673. The highest BCUT2D eigenvalue weighted by molar-refractivity contribution is 5.85. The molecule has 2 N–H and O–H groups in total. The molecule has 0 aliphatic carbocycles. The maximum atomic E-state index is 3.48. The molecule has 0 unspecified atom stereocenters. The lowest BCUT2D eigenvalue weighted by Crippen LogP contribution is -2.00. The zero-order valence-corrected chi connectivity index (χ0v) is 11.6. The minimum Gasteiger partial charge on any atom is -0.381 e. The lowest BCUT2D eigenvalue weighted by molar-refractivity contribution is 1.14. The third kappa shape index (κ3) is 2.91. The molecule has 0 aliphatic rings. The van der Waals surface area contributed by atoms with Gasteiger partial charge in [-0.2, -0.15) is 0 Å². The molecule has 19 heavy (non-hydrogen) atoms. The van der Waals surface area contributed by atoms with Gasteiger partial charge in [-0.25, -0.2) is 0 Å². The highest BCUT2D eigenvalue weighted by Gasteiger charge is 1.99. The fraction of sp³-hybridized carbons (Fsp3) is 0.125. The number of anilines is 1. The summed E-state index contributed by atoms with van der Waals surface area (Å²) in [4.78, 5) is 3.21. The first-order chi connectivity index (χ1) is 8.83. The van der Waals surface area contributed by atoms with Crippen LogP contribution in [0.4, 0.5) is 5.69 Å². The van der Waals surface area contributed by atoms with E-state index in [1.807, 2.05) is 6.20 Å². The van der Waals surface area contributed by atoms with E-state index in [4.69, 9.17) is 0 Å². The van der Waals surface area contributed by atoms with Gasteiger partial charge >= 0.3 is 0 Å². The molecule has 2 nitrogen and oxygen atoms in total. The summed E-state index contributed by atoms with van der Waals surface area (Å²) in [6.45, 7) is 2.98. The number of hydrogen-bond acceptors (Lipinski definition) is 1. The molecular formula is C16H17ClN2. The first kappa shape index (κ1) is 13.5. The van der Waals surface area contributed by atoms with Crippen molar-refractivity contribution in [1.29, 1.82) is 0 Å². The lowest BCUT2D eigenvalue weighted by atomic mass is 10.1. The standard InChI is InChI=1S/C16H16N2.ClH/c1-12-4-2-3-5-15(12)18-11-13-6-7-16-14(10-13)8-9-17-16;/h2-10,17-18H,11H2,1H3;1H. The number of aromatic amines is 1. The minimum absolute atomic E-state index is 0. The Kier molecular flexibility index (Phi) is 4.13. The second-order valence-electron chi connectivity index (χ2n) is 4.57. The number of fused-ring (bicyclic) bond motifs is 1. The van der Waals surface area contributed by atoms with Crippen molar-refractivity contribution < 1.29 is 0 Å². The Hall–Kier alpha value is -1.93. The number of para-hydroxylation sites is 1. The number of H-pyrrole nitrogens is 1. The zero-order chi connectivity index (χ0) is 12.4. The van der Waals surface area contributed by atoms with E-state index >= 15 is 0 Å². The number of benzene rings is 2. The topological polar surface area (TPSA) is 27.8 Å². The summed E-state index contributed by atoms with van der Waals surface area (Å²) in [7, 11) is 0. The highest BCUT2D eigenvalue weighted by atomic mass is 35.5. The third-order valence-corrected chi connectivity index (χ3v) is 3.25. The van der Waals surface area contributed by atoms with E-state index in [0.29, 0.717) is 0 Å². The molecule has 2 aromatic carbocycles. The number of nitrogens with one attached hydrogen (secondary N) is 2. The fourth-order valence-corrected chi connectivity index (χ4v) is 2.18. The second-order valence-corrected chi connectivity index (χ2v) is 4.57. The van der Waals surface area contributed by atoms with Crippen LogP contribution in [0.5, 0.6) is 0 Å². The average Bonchev–Trinajstić information content (AvgIpc) is 2.85. The summed E-state index contributed by atoms with van der Waals surface area (Å²) < 4.78 is 0. The molecule has 3 aromatic rings. The quantitative estimate of drug-likeness (QED) is 0.721. The summed E-state index contributed by atoms with van der Waals surface area (Å²) in [5, 5.41) is 4.74. The van der Waals surface area contributed by atoms with Crippen LogP contribution in [0.15, 0.2) is 54.7 Å². The number of hydrogen-bond donors (Lipinski definition) is 2. The number of aryl methyl sites for hydroxylation is 1. The molecule has 0 saturated heterocycles. The Labute approximate surface area is 119 Å². The maximum Gasteiger partial charge on any atom is 0.0454 e. The van der Waals surface area contributed by atoms with Crippen molar-refractivity contribution in [3.05, 3.63) is 65.9 Å². The van der Waals surface area contributed by atoms with Crippen LogP contribution < -0.4 is 5.32 Å². The van der Waals surface area contributed by atoms with E-state index in [1.54, 1.807) is 0 Å². The second kappa shape index (κ2) is 5.81. The molecule has 0 radical (unpaired) electrons. The molecule has 0 bridgehead atoms. The van der Waals surface area contributed by atoms with E-state index in [9.17, 15) is 0 Å². The van der Waals surface area contributed by atoms with Crippen LogP contribution >= 0.6 is 12.4 Å². The molecule has 3 heteroatoms. The Balaban J connectivity index is 0.00000133. The van der Waals surface area contributed by atoms with E-state index < -0.39 is 0 Å². The van der Waals surface area contributed by atoms with Gasteiger partial charge in [0.2, 0.25) is 0 Å². The van der Waals surface area contributed by atoms with Crippen LogP contribution in [-0.4, -0.2) is 4.98 Å². The SMILES string of the molecule is Cc1ccccc1NCc1ccc2[nH]ccc2c1.Cl. The molecule has 1 aromatic heterocycles. The van der Waals surface area contributed by atoms with Crippen molar-refractivity contribution in [2.24, 2.45) is 0 Å². The van der Waals surface area contributed by atoms with Gasteiger partial charge < -0.3 is 10.3 Å². The Morgan fingerprint density at radius 2 is 1.89 bits per heavy atom. The van der Waals surface area contributed by atoms with Crippen molar-refractivity contribution in [3.8, 4) is 0 Å². The fourth-order valence-electron chi connectivity index (χ4n) is 2.18. The van der Waals surface area contributed by atoms with Crippen LogP contribution in [0, 0.1) is 6.92 Å². The van der Waals surface area contributed by atoms with Gasteiger partial charge in [-0.3, -0.25) is 0 Å². The average molecular weight is 273 g/mol. The lowest BCUT2D eigenvalue weighted by Gasteiger charge is -2.09. The number of halogens is 1. The smallest absolute Gasteiger partial charge is 0.0454 e. The minimum atomic E-state index is 0. The molecular weight excluding hydrogens is 256 g/mol. The summed E-state index contributed by atoms with van der Waals surface area (Å²) >= 11 is 0. The molecule has 0 amide bonds. The molecule has 98 valence electrons. The largest absolute Gasteiger partial charge is 0.381 e. The van der Waals surface area contributed by atoms with Crippen molar-refractivity contribution >= 4 is 29.0 Å². The predicted octanol–water partition coefficient (Wildman–Crippen LogP) is 4.51. The van der Waals surface area contributed by atoms with Gasteiger partial charge in [-0.05, 0) is 47.7 Å². The van der Waals surface area contributed by atoms with Crippen LogP contribution in [0.1, 0.15) is 11.1 Å². The summed E-state index contributed by atoms with van der Waals surface area (Å²) in [5.41, 5.74) is 4.96. The van der Waals surface area contributed by atoms with Gasteiger partial charge in [0.05, 0.1) is 0 Å². The van der Waals surface area contributed by atoms with Crippen LogP contribution in [0.2, 0.25) is 0 Å².